The number of hydrogen-bond donors (Lipinski definition) is 2. The van der Waals surface area contributed by atoms with E-state index in [0.717, 1.165) is 11.1 Å². The van der Waals surface area contributed by atoms with Crippen LogP contribution in [0.1, 0.15) is 72.1 Å². The molecule has 3 amide bonds. The highest BCUT2D eigenvalue weighted by Gasteiger charge is 2.34. The lowest BCUT2D eigenvalue weighted by Gasteiger charge is -2.34. The van der Waals surface area contributed by atoms with E-state index in [1.807, 2.05) is 52.0 Å². The van der Waals surface area contributed by atoms with Crippen molar-refractivity contribution in [2.45, 2.75) is 85.5 Å². The molecule has 0 aliphatic heterocycles. The number of carbonyl (C=O) groups excluding carboxylic acids is 3. The smallest absolute Gasteiger partial charge is 0.408 e. The SMILES string of the molecule is CCCN(C(=O)C(C)NC(=O)OC(C)(C)C)C(C(=O)NC(C)C)c1cccc(C)c1. The Balaban J connectivity index is 3.21. The van der Waals surface area contributed by atoms with Crippen molar-refractivity contribution in [3.05, 3.63) is 35.4 Å². The van der Waals surface area contributed by atoms with Gasteiger partial charge in [0.15, 0.2) is 0 Å². The quantitative estimate of drug-likeness (QED) is 0.672. The average Bonchev–Trinajstić information content (AvgIpc) is 2.58. The molecule has 0 fully saturated rings. The third kappa shape index (κ3) is 8.05. The molecule has 7 heteroatoms. The minimum atomic E-state index is -0.842. The van der Waals surface area contributed by atoms with E-state index in [4.69, 9.17) is 4.74 Å². The third-order valence-corrected chi connectivity index (χ3v) is 4.20. The van der Waals surface area contributed by atoms with E-state index < -0.39 is 23.8 Å². The van der Waals surface area contributed by atoms with Crippen molar-refractivity contribution in [2.24, 2.45) is 0 Å². The molecular weight excluding hydrogens is 382 g/mol. The third-order valence-electron chi connectivity index (χ3n) is 4.20. The molecule has 30 heavy (non-hydrogen) atoms. The topological polar surface area (TPSA) is 87.7 Å². The van der Waals surface area contributed by atoms with Crippen molar-refractivity contribution >= 4 is 17.9 Å². The predicted molar refractivity (Wildman–Crippen MR) is 118 cm³/mol. The predicted octanol–water partition coefficient (Wildman–Crippen LogP) is 3.71. The van der Waals surface area contributed by atoms with Crippen molar-refractivity contribution in [1.82, 2.24) is 15.5 Å². The molecule has 0 aliphatic carbocycles. The van der Waals surface area contributed by atoms with Crippen molar-refractivity contribution in [2.75, 3.05) is 6.54 Å². The summed E-state index contributed by atoms with van der Waals surface area (Å²) in [6.07, 6.45) is 0.000799. The van der Waals surface area contributed by atoms with Gasteiger partial charge in [-0.3, -0.25) is 9.59 Å². The van der Waals surface area contributed by atoms with Gasteiger partial charge in [0.25, 0.3) is 0 Å². The van der Waals surface area contributed by atoms with Crippen LogP contribution in [0.3, 0.4) is 0 Å². The molecule has 168 valence electrons. The molecule has 2 unspecified atom stereocenters. The van der Waals surface area contributed by atoms with E-state index in [1.165, 1.54) is 4.90 Å². The maximum Gasteiger partial charge on any atom is 0.408 e. The molecule has 0 saturated heterocycles. The Morgan fingerprint density at radius 3 is 2.23 bits per heavy atom. The summed E-state index contributed by atoms with van der Waals surface area (Å²) >= 11 is 0. The first kappa shape index (κ1) is 25.5. The highest BCUT2D eigenvalue weighted by Crippen LogP contribution is 2.24. The largest absolute Gasteiger partial charge is 0.444 e. The second-order valence-corrected chi connectivity index (χ2v) is 8.88. The number of benzene rings is 1. The molecule has 0 saturated carbocycles. The molecule has 2 atom stereocenters. The Morgan fingerprint density at radius 2 is 1.73 bits per heavy atom. The molecule has 0 bridgehead atoms. The Bertz CT molecular complexity index is 740. The van der Waals surface area contributed by atoms with Gasteiger partial charge in [0.05, 0.1) is 0 Å². The summed E-state index contributed by atoms with van der Waals surface area (Å²) in [5.41, 5.74) is 1.06. The van der Waals surface area contributed by atoms with Crippen LogP contribution >= 0.6 is 0 Å². The van der Waals surface area contributed by atoms with E-state index in [9.17, 15) is 14.4 Å². The first-order valence-corrected chi connectivity index (χ1v) is 10.5. The van der Waals surface area contributed by atoms with Gasteiger partial charge < -0.3 is 20.3 Å². The van der Waals surface area contributed by atoms with Crippen LogP contribution < -0.4 is 10.6 Å². The zero-order valence-corrected chi connectivity index (χ0v) is 19.5. The van der Waals surface area contributed by atoms with E-state index in [1.54, 1.807) is 27.7 Å². The molecule has 7 nitrogen and oxygen atoms in total. The average molecular weight is 420 g/mol. The van der Waals surface area contributed by atoms with Gasteiger partial charge >= 0.3 is 6.09 Å². The number of carbonyl (C=O) groups is 3. The molecule has 0 aromatic heterocycles. The molecule has 1 aromatic carbocycles. The summed E-state index contributed by atoms with van der Waals surface area (Å²) in [4.78, 5) is 40.1. The van der Waals surface area contributed by atoms with Crippen LogP contribution in [0, 0.1) is 6.92 Å². The normalized spacial score (nSPS) is 13.4. The summed E-state index contributed by atoms with van der Waals surface area (Å²) < 4.78 is 5.26. The van der Waals surface area contributed by atoms with Crippen LogP contribution in [0.25, 0.3) is 0 Å². The fraction of sp³-hybridized carbons (Fsp3) is 0.609. The molecular formula is C23H37N3O4. The van der Waals surface area contributed by atoms with Gasteiger partial charge in [-0.2, -0.15) is 0 Å². The zero-order chi connectivity index (χ0) is 23.1. The van der Waals surface area contributed by atoms with Gasteiger partial charge in [-0.05, 0) is 60.5 Å². The van der Waals surface area contributed by atoms with Gasteiger partial charge in [-0.15, -0.1) is 0 Å². The lowest BCUT2D eigenvalue weighted by atomic mass is 10.0. The Labute approximate surface area is 180 Å². The fourth-order valence-corrected chi connectivity index (χ4v) is 3.08. The Morgan fingerprint density at radius 1 is 1.10 bits per heavy atom. The van der Waals surface area contributed by atoms with Crippen molar-refractivity contribution in [1.29, 1.82) is 0 Å². The van der Waals surface area contributed by atoms with Gasteiger partial charge in [0.2, 0.25) is 11.8 Å². The monoisotopic (exact) mass is 419 g/mol. The number of hydrogen-bond acceptors (Lipinski definition) is 4. The second-order valence-electron chi connectivity index (χ2n) is 8.88. The second kappa shape index (κ2) is 11.0. The molecule has 0 heterocycles. The highest BCUT2D eigenvalue weighted by atomic mass is 16.6. The first-order valence-electron chi connectivity index (χ1n) is 10.5. The number of rotatable bonds is 8. The molecule has 1 aromatic rings. The van der Waals surface area contributed by atoms with Crippen molar-refractivity contribution < 1.29 is 19.1 Å². The summed E-state index contributed by atoms with van der Waals surface area (Å²) in [7, 11) is 0. The molecule has 0 aliphatic rings. The summed E-state index contributed by atoms with van der Waals surface area (Å²) in [6, 6.07) is 5.87. The number of amides is 3. The Hall–Kier alpha value is -2.57. The molecule has 0 spiro atoms. The molecule has 2 N–H and O–H groups in total. The van der Waals surface area contributed by atoms with Crippen molar-refractivity contribution in [3.8, 4) is 0 Å². The maximum atomic E-state index is 13.3. The minimum absolute atomic E-state index is 0.0688. The maximum absolute atomic E-state index is 13.3. The lowest BCUT2D eigenvalue weighted by molar-refractivity contribution is -0.142. The number of nitrogens with zero attached hydrogens (tertiary/aromatic N) is 1. The van der Waals surface area contributed by atoms with E-state index in [0.29, 0.717) is 13.0 Å². The zero-order valence-electron chi connectivity index (χ0n) is 19.5. The minimum Gasteiger partial charge on any atom is -0.444 e. The van der Waals surface area contributed by atoms with Gasteiger partial charge in [-0.1, -0.05) is 36.8 Å². The van der Waals surface area contributed by atoms with E-state index in [2.05, 4.69) is 10.6 Å². The van der Waals surface area contributed by atoms with E-state index in [-0.39, 0.29) is 17.9 Å². The summed E-state index contributed by atoms with van der Waals surface area (Å²) in [5, 5.41) is 5.51. The fourth-order valence-electron chi connectivity index (χ4n) is 3.08. The number of ether oxygens (including phenoxy) is 1. The van der Waals surface area contributed by atoms with Gasteiger partial charge in [-0.25, -0.2) is 4.79 Å². The summed E-state index contributed by atoms with van der Waals surface area (Å²) in [6.45, 7) is 14.9. The van der Waals surface area contributed by atoms with Gasteiger partial charge in [0.1, 0.15) is 17.7 Å². The lowest BCUT2D eigenvalue weighted by Crippen LogP contribution is -2.52. The number of nitrogens with one attached hydrogen (secondary N) is 2. The van der Waals surface area contributed by atoms with Crippen LogP contribution in [0.4, 0.5) is 4.79 Å². The first-order chi connectivity index (χ1) is 13.9. The standard InChI is InChI=1S/C23H37N3O4/c1-9-13-26(21(28)17(5)25-22(29)30-23(6,7)8)19(20(27)24-15(2)3)18-12-10-11-16(4)14-18/h10-12,14-15,17,19H,9,13H2,1-8H3,(H,24,27)(H,25,29). The van der Waals surface area contributed by atoms with Crippen LogP contribution in [0.15, 0.2) is 24.3 Å². The van der Waals surface area contributed by atoms with Gasteiger partial charge in [0, 0.05) is 12.6 Å². The summed E-state index contributed by atoms with van der Waals surface area (Å²) in [5.74, 6) is -0.588. The van der Waals surface area contributed by atoms with Crippen LogP contribution in [-0.2, 0) is 14.3 Å². The van der Waals surface area contributed by atoms with Crippen molar-refractivity contribution in [3.63, 3.8) is 0 Å². The number of alkyl carbamates (subject to hydrolysis) is 1. The van der Waals surface area contributed by atoms with Crippen LogP contribution in [0.5, 0.6) is 0 Å². The Kier molecular flexibility index (Phi) is 9.33. The molecule has 1 rings (SSSR count). The molecule has 0 radical (unpaired) electrons. The van der Waals surface area contributed by atoms with E-state index >= 15 is 0 Å². The van der Waals surface area contributed by atoms with Crippen LogP contribution in [-0.4, -0.2) is 47.0 Å². The van der Waals surface area contributed by atoms with Crippen LogP contribution in [0.2, 0.25) is 0 Å². The number of aryl methyl sites for hydroxylation is 1. The highest BCUT2D eigenvalue weighted by molar-refractivity contribution is 5.92.